The van der Waals surface area contributed by atoms with Gasteiger partial charge in [0.1, 0.15) is 20.2 Å². The second-order valence-corrected chi connectivity index (χ2v) is 5.58. The van der Waals surface area contributed by atoms with E-state index >= 15 is 0 Å². The van der Waals surface area contributed by atoms with Crippen LogP contribution in [0.4, 0.5) is 8.78 Å². The zero-order valence-electron chi connectivity index (χ0n) is 13.0. The van der Waals surface area contributed by atoms with Gasteiger partial charge in [0.2, 0.25) is 0 Å². The van der Waals surface area contributed by atoms with Gasteiger partial charge in [0.25, 0.3) is 6.02 Å². The van der Waals surface area contributed by atoms with Crippen LogP contribution in [0.2, 0.25) is 0 Å². The van der Waals surface area contributed by atoms with Crippen molar-refractivity contribution in [2.45, 2.75) is 19.1 Å². The average Bonchev–Trinajstić information content (AvgIpc) is 2.90. The Morgan fingerprint density at radius 3 is 2.67 bits per heavy atom. The minimum absolute atomic E-state index is 0.0738. The Balaban J connectivity index is 2.11. The molecular weight excluding hydrogens is 313 g/mol. The molecule has 122 valence electrons. The third-order valence-corrected chi connectivity index (χ3v) is 3.96. The molecule has 2 radical (unpaired) electrons. The lowest BCUT2D eigenvalue weighted by Gasteiger charge is -2.27. The lowest BCUT2D eigenvalue weighted by atomic mass is 9.80. The highest BCUT2D eigenvalue weighted by Gasteiger charge is 2.41. The number of alkyl halides is 2. The smallest absolute Gasteiger partial charge is 0.387 e. The van der Waals surface area contributed by atoms with Crippen LogP contribution in [-0.4, -0.2) is 27.1 Å². The summed E-state index contributed by atoms with van der Waals surface area (Å²) in [4.78, 5) is 4.48. The Kier molecular flexibility index (Phi) is 4.17. The van der Waals surface area contributed by atoms with E-state index in [0.717, 1.165) is 16.7 Å². The van der Waals surface area contributed by atoms with Crippen molar-refractivity contribution in [3.8, 4) is 5.75 Å². The van der Waals surface area contributed by atoms with Crippen molar-refractivity contribution >= 4 is 19.3 Å². The van der Waals surface area contributed by atoms with Crippen molar-refractivity contribution in [3.63, 3.8) is 0 Å². The van der Waals surface area contributed by atoms with Gasteiger partial charge < -0.3 is 15.2 Å². The number of aliphatic imine (C=N–C) groups is 1. The summed E-state index contributed by atoms with van der Waals surface area (Å²) in [5.41, 5.74) is 7.79. The maximum absolute atomic E-state index is 12.4. The van der Waals surface area contributed by atoms with Gasteiger partial charge in [-0.05, 0) is 35.7 Å². The van der Waals surface area contributed by atoms with E-state index in [1.54, 1.807) is 31.2 Å². The molecule has 4 nitrogen and oxygen atoms in total. The first-order chi connectivity index (χ1) is 11.4. The summed E-state index contributed by atoms with van der Waals surface area (Å²) in [5, 5.41) is 0. The number of nitrogens with two attached hydrogens (primary N) is 1. The minimum atomic E-state index is -2.87. The molecule has 2 N–H and O–H groups in total. The fraction of sp³-hybridized carbons (Fsp3) is 0.235. The van der Waals surface area contributed by atoms with Gasteiger partial charge in [0, 0.05) is 0 Å². The first-order valence-electron chi connectivity index (χ1n) is 7.31. The molecule has 7 heteroatoms. The van der Waals surface area contributed by atoms with E-state index in [1.807, 2.05) is 12.1 Å². The topological polar surface area (TPSA) is 56.8 Å². The normalized spacial score (nSPS) is 19.9. The van der Waals surface area contributed by atoms with Crippen LogP contribution in [0, 0.1) is 6.92 Å². The molecule has 2 aromatic carbocycles. The molecule has 3 rings (SSSR count). The molecule has 0 saturated carbocycles. The average molecular weight is 328 g/mol. The summed E-state index contributed by atoms with van der Waals surface area (Å²) in [6.45, 7) is -0.870. The Labute approximate surface area is 139 Å². The summed E-state index contributed by atoms with van der Waals surface area (Å²) in [6.07, 6.45) is 0. The molecule has 24 heavy (non-hydrogen) atoms. The molecule has 0 bridgehead atoms. The predicted molar refractivity (Wildman–Crippen MR) is 88.0 cm³/mol. The van der Waals surface area contributed by atoms with Crippen molar-refractivity contribution in [1.29, 1.82) is 0 Å². The molecule has 0 saturated heterocycles. The first kappa shape index (κ1) is 16.3. The van der Waals surface area contributed by atoms with Crippen molar-refractivity contribution < 1.29 is 18.3 Å². The number of amidine groups is 1. The van der Waals surface area contributed by atoms with Crippen LogP contribution in [-0.2, 0) is 10.3 Å². The van der Waals surface area contributed by atoms with Crippen LogP contribution in [0.3, 0.4) is 0 Å². The molecule has 0 spiro atoms. The zero-order chi connectivity index (χ0) is 17.3. The van der Waals surface area contributed by atoms with Gasteiger partial charge in [-0.3, -0.25) is 0 Å². The summed E-state index contributed by atoms with van der Waals surface area (Å²) < 4.78 is 34.6. The largest absolute Gasteiger partial charge is 0.462 e. The second kappa shape index (κ2) is 6.15. The SMILES string of the molecule is [B]c1cccc(C2(c3ccc(OC(F)F)cc3C)COC(N)=N2)c1. The van der Waals surface area contributed by atoms with Gasteiger partial charge in [-0.2, -0.15) is 8.78 Å². The molecule has 0 fully saturated rings. The molecule has 1 aliphatic heterocycles. The molecule has 1 atom stereocenters. The summed E-state index contributed by atoms with van der Waals surface area (Å²) in [5.74, 6) is 0.0878. The third kappa shape index (κ3) is 2.94. The van der Waals surface area contributed by atoms with E-state index in [9.17, 15) is 8.78 Å². The molecule has 0 aliphatic carbocycles. The van der Waals surface area contributed by atoms with Gasteiger partial charge in [-0.1, -0.05) is 35.8 Å². The van der Waals surface area contributed by atoms with Gasteiger partial charge >= 0.3 is 6.61 Å². The Hall–Kier alpha value is -2.57. The van der Waals surface area contributed by atoms with Crippen molar-refractivity contribution in [3.05, 3.63) is 59.2 Å². The second-order valence-electron chi connectivity index (χ2n) is 5.58. The van der Waals surface area contributed by atoms with Crippen LogP contribution in [0.25, 0.3) is 0 Å². The molecule has 1 heterocycles. The van der Waals surface area contributed by atoms with Gasteiger partial charge in [0.15, 0.2) is 5.54 Å². The van der Waals surface area contributed by atoms with E-state index in [2.05, 4.69) is 9.73 Å². The van der Waals surface area contributed by atoms with Crippen LogP contribution < -0.4 is 15.9 Å². The van der Waals surface area contributed by atoms with Crippen molar-refractivity contribution in [2.24, 2.45) is 10.7 Å². The lowest BCUT2D eigenvalue weighted by molar-refractivity contribution is -0.0498. The maximum atomic E-state index is 12.4. The van der Waals surface area contributed by atoms with Gasteiger partial charge in [-0.15, -0.1) is 0 Å². The molecule has 1 unspecified atom stereocenters. The minimum Gasteiger partial charge on any atom is -0.462 e. The van der Waals surface area contributed by atoms with E-state index in [1.165, 1.54) is 6.07 Å². The van der Waals surface area contributed by atoms with Gasteiger partial charge in [-0.25, -0.2) is 4.99 Å². The van der Waals surface area contributed by atoms with Crippen LogP contribution >= 0.6 is 0 Å². The number of benzene rings is 2. The molecule has 0 amide bonds. The van der Waals surface area contributed by atoms with Crippen LogP contribution in [0.1, 0.15) is 16.7 Å². The van der Waals surface area contributed by atoms with Crippen LogP contribution in [0.15, 0.2) is 47.5 Å². The predicted octanol–water partition coefficient (Wildman–Crippen LogP) is 1.98. The highest BCUT2D eigenvalue weighted by Crippen LogP contribution is 2.39. The van der Waals surface area contributed by atoms with E-state index < -0.39 is 12.2 Å². The number of halogens is 2. The Morgan fingerprint density at radius 2 is 2.08 bits per heavy atom. The van der Waals surface area contributed by atoms with Crippen molar-refractivity contribution in [1.82, 2.24) is 0 Å². The third-order valence-electron chi connectivity index (χ3n) is 3.96. The van der Waals surface area contributed by atoms with E-state index in [4.69, 9.17) is 18.3 Å². The van der Waals surface area contributed by atoms with Gasteiger partial charge in [0.05, 0.1) is 0 Å². The van der Waals surface area contributed by atoms with E-state index in [-0.39, 0.29) is 18.4 Å². The monoisotopic (exact) mass is 328 g/mol. The number of hydrogen-bond donors (Lipinski definition) is 1. The first-order valence-corrected chi connectivity index (χ1v) is 7.31. The molecule has 1 aliphatic rings. The summed E-state index contributed by atoms with van der Waals surface area (Å²) in [6, 6.07) is 12.1. The van der Waals surface area contributed by atoms with Crippen molar-refractivity contribution in [2.75, 3.05) is 6.61 Å². The standard InChI is InChI=1S/C17H15BF2N2O2/c1-10-7-13(24-15(19)20)5-6-14(10)17(9-23-16(21)22-17)11-3-2-4-12(18)8-11/h2-8,15H,9H2,1H3,(H2,21,22). The lowest BCUT2D eigenvalue weighted by Crippen LogP contribution is -2.29. The summed E-state index contributed by atoms with van der Waals surface area (Å²) >= 11 is 0. The quantitative estimate of drug-likeness (QED) is 0.873. The highest BCUT2D eigenvalue weighted by molar-refractivity contribution is 6.32. The highest BCUT2D eigenvalue weighted by atomic mass is 19.3. The number of aryl methyl sites for hydroxylation is 1. The molecule has 2 aromatic rings. The Bertz CT molecular complexity index is 798. The number of rotatable bonds is 4. The number of nitrogens with zero attached hydrogens (tertiary/aromatic N) is 1. The summed E-state index contributed by atoms with van der Waals surface area (Å²) in [7, 11) is 5.89. The maximum Gasteiger partial charge on any atom is 0.387 e. The molecular formula is C17H15BF2N2O2. The zero-order valence-corrected chi connectivity index (χ0v) is 13.0. The van der Waals surface area contributed by atoms with Crippen LogP contribution in [0.5, 0.6) is 5.75 Å². The fourth-order valence-electron chi connectivity index (χ4n) is 2.94. The number of ether oxygens (including phenoxy) is 2. The fourth-order valence-corrected chi connectivity index (χ4v) is 2.94. The molecule has 0 aromatic heterocycles. The number of hydrogen-bond acceptors (Lipinski definition) is 4. The van der Waals surface area contributed by atoms with E-state index in [0.29, 0.717) is 5.46 Å². The Morgan fingerprint density at radius 1 is 1.29 bits per heavy atom.